The third kappa shape index (κ3) is 3.94. The van der Waals surface area contributed by atoms with Gasteiger partial charge in [0.25, 0.3) is 11.8 Å². The van der Waals surface area contributed by atoms with Crippen molar-refractivity contribution in [1.82, 2.24) is 9.80 Å². The molecule has 0 aliphatic carbocycles. The summed E-state index contributed by atoms with van der Waals surface area (Å²) in [5.74, 6) is -1.88. The Bertz CT molecular complexity index is 859. The molecule has 4 nitrogen and oxygen atoms in total. The van der Waals surface area contributed by atoms with Crippen molar-refractivity contribution in [3.8, 4) is 0 Å². The summed E-state index contributed by atoms with van der Waals surface area (Å²) in [6.07, 6.45) is -4.63. The highest BCUT2D eigenvalue weighted by atomic mass is 19.4. The summed E-state index contributed by atoms with van der Waals surface area (Å²) in [6.45, 7) is 0.386. The first-order chi connectivity index (χ1) is 12.8. The third-order valence-electron chi connectivity index (χ3n) is 4.42. The molecule has 0 N–H and O–H groups in total. The lowest BCUT2D eigenvalue weighted by Crippen LogP contribution is -2.51. The van der Waals surface area contributed by atoms with Crippen molar-refractivity contribution in [2.45, 2.75) is 6.18 Å². The molecule has 2 aromatic rings. The lowest BCUT2D eigenvalue weighted by atomic mass is 10.1. The first-order valence-electron chi connectivity index (χ1n) is 8.28. The van der Waals surface area contributed by atoms with Crippen molar-refractivity contribution in [1.29, 1.82) is 0 Å². The Morgan fingerprint density at radius 1 is 0.741 bits per heavy atom. The monoisotopic (exact) mass is 380 g/mol. The summed E-state index contributed by atoms with van der Waals surface area (Å²) in [6, 6.07) is 10.2. The molecule has 1 heterocycles. The molecular formula is C19H16F4N2O2. The van der Waals surface area contributed by atoms with E-state index in [1.165, 1.54) is 40.1 Å². The zero-order valence-electron chi connectivity index (χ0n) is 14.2. The van der Waals surface area contributed by atoms with Gasteiger partial charge in [-0.25, -0.2) is 4.39 Å². The van der Waals surface area contributed by atoms with E-state index in [9.17, 15) is 27.2 Å². The Balaban J connectivity index is 1.71. The topological polar surface area (TPSA) is 40.6 Å². The first kappa shape index (κ1) is 18.9. The number of carbonyl (C=O) groups excluding carboxylic acids is 2. The number of alkyl halides is 3. The van der Waals surface area contributed by atoms with Gasteiger partial charge in [0.05, 0.1) is 16.7 Å². The Kier molecular flexibility index (Phi) is 5.16. The minimum Gasteiger partial charge on any atom is -0.335 e. The lowest BCUT2D eigenvalue weighted by Gasteiger charge is -2.35. The summed E-state index contributed by atoms with van der Waals surface area (Å²) >= 11 is 0. The Hall–Kier alpha value is -2.90. The van der Waals surface area contributed by atoms with E-state index in [2.05, 4.69) is 0 Å². The Morgan fingerprint density at radius 2 is 1.19 bits per heavy atom. The van der Waals surface area contributed by atoms with Gasteiger partial charge in [-0.1, -0.05) is 24.3 Å². The number of benzene rings is 2. The molecular weight excluding hydrogens is 364 g/mol. The van der Waals surface area contributed by atoms with Crippen molar-refractivity contribution in [2.75, 3.05) is 26.2 Å². The van der Waals surface area contributed by atoms with Crippen LogP contribution in [0, 0.1) is 5.82 Å². The van der Waals surface area contributed by atoms with Crippen LogP contribution in [0.4, 0.5) is 17.6 Å². The molecule has 2 amide bonds. The van der Waals surface area contributed by atoms with Gasteiger partial charge in [-0.15, -0.1) is 0 Å². The van der Waals surface area contributed by atoms with Crippen molar-refractivity contribution in [3.63, 3.8) is 0 Å². The van der Waals surface area contributed by atoms with Gasteiger partial charge in [0.1, 0.15) is 5.82 Å². The quantitative estimate of drug-likeness (QED) is 0.749. The van der Waals surface area contributed by atoms with Crippen LogP contribution in [0.2, 0.25) is 0 Å². The SMILES string of the molecule is O=C(c1ccccc1F)N1CCN(C(=O)c2ccccc2C(F)(F)F)CC1. The van der Waals surface area contributed by atoms with E-state index in [1.54, 1.807) is 6.07 Å². The average Bonchev–Trinajstić information content (AvgIpc) is 2.67. The first-order valence-corrected chi connectivity index (χ1v) is 8.28. The number of rotatable bonds is 2. The van der Waals surface area contributed by atoms with E-state index in [0.717, 1.165) is 12.1 Å². The van der Waals surface area contributed by atoms with E-state index >= 15 is 0 Å². The maximum Gasteiger partial charge on any atom is 0.417 e. The van der Waals surface area contributed by atoms with E-state index < -0.39 is 34.9 Å². The highest BCUT2D eigenvalue weighted by Crippen LogP contribution is 2.32. The largest absolute Gasteiger partial charge is 0.417 e. The average molecular weight is 380 g/mol. The molecule has 2 aromatic carbocycles. The van der Waals surface area contributed by atoms with Crippen molar-refractivity contribution in [2.24, 2.45) is 0 Å². The van der Waals surface area contributed by atoms with Crippen LogP contribution < -0.4 is 0 Å². The van der Waals surface area contributed by atoms with Gasteiger partial charge in [0, 0.05) is 26.2 Å². The zero-order valence-corrected chi connectivity index (χ0v) is 14.2. The number of carbonyl (C=O) groups is 2. The molecule has 27 heavy (non-hydrogen) atoms. The summed E-state index contributed by atoms with van der Waals surface area (Å²) in [5.41, 5.74) is -1.47. The van der Waals surface area contributed by atoms with Gasteiger partial charge in [0.15, 0.2) is 0 Å². The van der Waals surface area contributed by atoms with E-state index in [-0.39, 0.29) is 31.7 Å². The second-order valence-electron chi connectivity index (χ2n) is 6.11. The molecule has 3 rings (SSSR count). The molecule has 0 unspecified atom stereocenters. The van der Waals surface area contributed by atoms with Crippen LogP contribution in [0.25, 0.3) is 0 Å². The zero-order chi connectivity index (χ0) is 19.6. The molecule has 1 aliphatic rings. The van der Waals surface area contributed by atoms with Gasteiger partial charge in [-0.3, -0.25) is 9.59 Å². The van der Waals surface area contributed by atoms with Gasteiger partial charge in [-0.05, 0) is 24.3 Å². The number of hydrogen-bond acceptors (Lipinski definition) is 2. The summed E-state index contributed by atoms with van der Waals surface area (Å²) in [4.78, 5) is 27.6. The minimum absolute atomic E-state index is 0.0697. The minimum atomic E-state index is -4.63. The van der Waals surface area contributed by atoms with Crippen molar-refractivity contribution < 1.29 is 27.2 Å². The van der Waals surface area contributed by atoms with E-state index in [0.29, 0.717) is 0 Å². The van der Waals surface area contributed by atoms with Crippen LogP contribution in [0.3, 0.4) is 0 Å². The number of piperazine rings is 1. The molecule has 0 radical (unpaired) electrons. The fourth-order valence-electron chi connectivity index (χ4n) is 3.00. The second kappa shape index (κ2) is 7.38. The highest BCUT2D eigenvalue weighted by Gasteiger charge is 2.36. The maximum absolute atomic E-state index is 13.8. The van der Waals surface area contributed by atoms with E-state index in [4.69, 9.17) is 0 Å². The molecule has 1 aliphatic heterocycles. The molecule has 1 fully saturated rings. The van der Waals surface area contributed by atoms with Crippen LogP contribution in [0.5, 0.6) is 0 Å². The number of amides is 2. The molecule has 0 bridgehead atoms. The van der Waals surface area contributed by atoms with E-state index in [1.807, 2.05) is 0 Å². The predicted octanol–water partition coefficient (Wildman–Crippen LogP) is 3.44. The lowest BCUT2D eigenvalue weighted by molar-refractivity contribution is -0.138. The van der Waals surface area contributed by atoms with Crippen LogP contribution in [-0.2, 0) is 6.18 Å². The maximum atomic E-state index is 13.8. The number of halogens is 4. The summed E-state index contributed by atoms with van der Waals surface area (Å²) in [7, 11) is 0. The van der Waals surface area contributed by atoms with Crippen molar-refractivity contribution >= 4 is 11.8 Å². The van der Waals surface area contributed by atoms with Crippen molar-refractivity contribution in [3.05, 3.63) is 71.0 Å². The Labute approximate surface area is 153 Å². The smallest absolute Gasteiger partial charge is 0.335 e. The molecule has 142 valence electrons. The van der Waals surface area contributed by atoms with Crippen LogP contribution in [0.1, 0.15) is 26.3 Å². The van der Waals surface area contributed by atoms with Crippen LogP contribution in [0.15, 0.2) is 48.5 Å². The molecule has 0 spiro atoms. The standard InChI is InChI=1S/C19H16F4N2O2/c20-16-8-4-2-6-14(16)18(27)25-11-9-24(10-12-25)17(26)13-5-1-3-7-15(13)19(21,22)23/h1-8H,9-12H2. The van der Waals surface area contributed by atoms with Gasteiger partial charge in [-0.2, -0.15) is 13.2 Å². The molecule has 0 saturated carbocycles. The molecule has 8 heteroatoms. The highest BCUT2D eigenvalue weighted by molar-refractivity contribution is 5.97. The fraction of sp³-hybridized carbons (Fsp3) is 0.263. The molecule has 0 aromatic heterocycles. The van der Waals surface area contributed by atoms with Crippen LogP contribution >= 0.6 is 0 Å². The van der Waals surface area contributed by atoms with Gasteiger partial charge in [0.2, 0.25) is 0 Å². The fourth-order valence-corrected chi connectivity index (χ4v) is 3.00. The van der Waals surface area contributed by atoms with Gasteiger partial charge < -0.3 is 9.80 Å². The normalized spacial score (nSPS) is 15.0. The summed E-state index contributed by atoms with van der Waals surface area (Å²) in [5, 5.41) is 0. The summed E-state index contributed by atoms with van der Waals surface area (Å²) < 4.78 is 53.1. The predicted molar refractivity (Wildman–Crippen MR) is 89.7 cm³/mol. The molecule has 0 atom stereocenters. The number of nitrogens with zero attached hydrogens (tertiary/aromatic N) is 2. The molecule has 1 saturated heterocycles. The Morgan fingerprint density at radius 3 is 1.70 bits per heavy atom. The second-order valence-corrected chi connectivity index (χ2v) is 6.11. The van der Waals surface area contributed by atoms with Gasteiger partial charge >= 0.3 is 6.18 Å². The van der Waals surface area contributed by atoms with Crippen LogP contribution in [-0.4, -0.2) is 47.8 Å². The number of hydrogen-bond donors (Lipinski definition) is 0. The third-order valence-corrected chi connectivity index (χ3v) is 4.42.